The molecule has 1 heterocycles. The number of hydrogen-bond donors (Lipinski definition) is 3. The number of nitrogens with one attached hydrogen (secondary N) is 1. The summed E-state index contributed by atoms with van der Waals surface area (Å²) in [4.78, 5) is 23.4. The Labute approximate surface area is 122 Å². The summed E-state index contributed by atoms with van der Waals surface area (Å²) in [6.45, 7) is 1.81. The molecule has 4 N–H and O–H groups in total. The largest absolute Gasteiger partial charge is 0.481 e. The standard InChI is InChI=1S/C15H17N3O3/c1-2-11(10-6-4-3-5-7-10)13(21-16)12(15(19)20)14-17-8-9-18-14/h2-9,12-13H,16H2,1H3,(H,17,18)(H,19,20)/b11-2+. The summed E-state index contributed by atoms with van der Waals surface area (Å²) in [5, 5.41) is 9.52. The van der Waals surface area contributed by atoms with Gasteiger partial charge in [0.25, 0.3) is 0 Å². The van der Waals surface area contributed by atoms with E-state index in [9.17, 15) is 9.90 Å². The van der Waals surface area contributed by atoms with Crippen molar-refractivity contribution in [1.29, 1.82) is 0 Å². The molecule has 0 bridgehead atoms. The van der Waals surface area contributed by atoms with Crippen molar-refractivity contribution >= 4 is 11.5 Å². The van der Waals surface area contributed by atoms with Crippen molar-refractivity contribution in [2.24, 2.45) is 5.90 Å². The van der Waals surface area contributed by atoms with Crippen LogP contribution in [0.4, 0.5) is 0 Å². The second-order valence-corrected chi connectivity index (χ2v) is 4.46. The molecule has 0 aliphatic heterocycles. The van der Waals surface area contributed by atoms with Crippen LogP contribution in [-0.2, 0) is 9.63 Å². The molecule has 110 valence electrons. The number of benzene rings is 1. The molecule has 0 fully saturated rings. The van der Waals surface area contributed by atoms with Gasteiger partial charge in [0.1, 0.15) is 17.8 Å². The highest BCUT2D eigenvalue weighted by Crippen LogP contribution is 2.30. The number of nitrogens with two attached hydrogens (primary N) is 1. The van der Waals surface area contributed by atoms with Crippen LogP contribution >= 0.6 is 0 Å². The van der Waals surface area contributed by atoms with Gasteiger partial charge in [-0.1, -0.05) is 36.4 Å². The Morgan fingerprint density at radius 2 is 2.14 bits per heavy atom. The number of aliphatic carboxylic acids is 1. The fourth-order valence-corrected chi connectivity index (χ4v) is 2.29. The van der Waals surface area contributed by atoms with Crippen molar-refractivity contribution in [3.8, 4) is 0 Å². The molecule has 1 aromatic heterocycles. The first kappa shape index (κ1) is 15.0. The summed E-state index contributed by atoms with van der Waals surface area (Å²) in [6.07, 6.45) is 4.01. The topological polar surface area (TPSA) is 101 Å². The lowest BCUT2D eigenvalue weighted by molar-refractivity contribution is -0.142. The minimum atomic E-state index is -1.06. The zero-order valence-electron chi connectivity index (χ0n) is 11.6. The fourth-order valence-electron chi connectivity index (χ4n) is 2.29. The number of aromatic nitrogens is 2. The van der Waals surface area contributed by atoms with Crippen LogP contribution in [0.25, 0.3) is 5.57 Å². The Morgan fingerprint density at radius 3 is 2.62 bits per heavy atom. The molecule has 6 nitrogen and oxygen atoms in total. The first-order valence-electron chi connectivity index (χ1n) is 6.48. The van der Waals surface area contributed by atoms with Crippen molar-refractivity contribution in [3.05, 3.63) is 60.2 Å². The molecule has 6 heteroatoms. The van der Waals surface area contributed by atoms with Gasteiger partial charge in [-0.25, -0.2) is 10.9 Å². The van der Waals surface area contributed by atoms with E-state index in [1.165, 1.54) is 6.20 Å². The lowest BCUT2D eigenvalue weighted by Crippen LogP contribution is -2.33. The quantitative estimate of drug-likeness (QED) is 0.705. The van der Waals surface area contributed by atoms with Crippen LogP contribution in [0.1, 0.15) is 24.2 Å². The molecule has 0 aliphatic rings. The highest BCUT2D eigenvalue weighted by Gasteiger charge is 2.35. The van der Waals surface area contributed by atoms with Gasteiger partial charge in [-0.3, -0.25) is 9.63 Å². The van der Waals surface area contributed by atoms with Crippen LogP contribution in [-0.4, -0.2) is 27.1 Å². The number of allylic oxidation sites excluding steroid dienone is 1. The van der Waals surface area contributed by atoms with Crippen molar-refractivity contribution < 1.29 is 14.7 Å². The van der Waals surface area contributed by atoms with Crippen LogP contribution in [0, 0.1) is 0 Å². The molecular weight excluding hydrogens is 270 g/mol. The molecule has 0 amide bonds. The SMILES string of the molecule is C/C=C(\c1ccccc1)C(ON)C(C(=O)O)c1ncc[nH]1. The average molecular weight is 287 g/mol. The summed E-state index contributed by atoms with van der Waals surface area (Å²) < 4.78 is 0. The van der Waals surface area contributed by atoms with Gasteiger partial charge in [0.05, 0.1) is 0 Å². The van der Waals surface area contributed by atoms with Gasteiger partial charge in [0.15, 0.2) is 0 Å². The molecule has 2 unspecified atom stereocenters. The molecule has 0 radical (unpaired) electrons. The number of hydrogen-bond acceptors (Lipinski definition) is 4. The first-order valence-corrected chi connectivity index (χ1v) is 6.48. The zero-order chi connectivity index (χ0) is 15.2. The van der Waals surface area contributed by atoms with E-state index in [4.69, 9.17) is 10.7 Å². The molecule has 2 atom stereocenters. The molecule has 2 rings (SSSR count). The first-order chi connectivity index (χ1) is 10.2. The molecule has 2 aromatic rings. The third-order valence-corrected chi connectivity index (χ3v) is 3.25. The van der Waals surface area contributed by atoms with E-state index in [0.29, 0.717) is 11.4 Å². The predicted molar refractivity (Wildman–Crippen MR) is 78.1 cm³/mol. The van der Waals surface area contributed by atoms with Crippen LogP contribution in [0.5, 0.6) is 0 Å². The minimum Gasteiger partial charge on any atom is -0.481 e. The Kier molecular flexibility index (Phi) is 4.86. The van der Waals surface area contributed by atoms with Crippen molar-refractivity contribution in [2.45, 2.75) is 18.9 Å². The lowest BCUT2D eigenvalue weighted by atomic mass is 9.90. The number of carboxylic acids is 1. The number of rotatable bonds is 6. The maximum Gasteiger partial charge on any atom is 0.317 e. The highest BCUT2D eigenvalue weighted by molar-refractivity contribution is 5.82. The second kappa shape index (κ2) is 6.83. The van der Waals surface area contributed by atoms with Crippen molar-refractivity contribution in [3.63, 3.8) is 0 Å². The maximum atomic E-state index is 11.6. The monoisotopic (exact) mass is 287 g/mol. The number of nitrogens with zero attached hydrogens (tertiary/aromatic N) is 1. The Hall–Kier alpha value is -2.44. The smallest absolute Gasteiger partial charge is 0.317 e. The summed E-state index contributed by atoms with van der Waals surface area (Å²) in [5.41, 5.74) is 1.55. The van der Waals surface area contributed by atoms with E-state index in [1.54, 1.807) is 12.3 Å². The molecule has 0 saturated heterocycles. The normalized spacial score (nSPS) is 14.7. The molecule has 1 aromatic carbocycles. The van der Waals surface area contributed by atoms with E-state index in [2.05, 4.69) is 9.97 Å². The van der Waals surface area contributed by atoms with Gasteiger partial charge >= 0.3 is 5.97 Å². The van der Waals surface area contributed by atoms with Crippen molar-refractivity contribution in [1.82, 2.24) is 9.97 Å². The predicted octanol–water partition coefficient (Wildman–Crippen LogP) is 1.94. The van der Waals surface area contributed by atoms with Crippen LogP contribution in [0.2, 0.25) is 0 Å². The Morgan fingerprint density at radius 1 is 1.43 bits per heavy atom. The number of carboxylic acid groups (broad SMARTS) is 1. The lowest BCUT2D eigenvalue weighted by Gasteiger charge is -2.23. The van der Waals surface area contributed by atoms with Gasteiger partial charge < -0.3 is 10.1 Å². The molecule has 0 saturated carbocycles. The average Bonchev–Trinajstić information content (AvgIpc) is 3.01. The summed E-state index contributed by atoms with van der Waals surface area (Å²) in [6, 6.07) is 9.38. The second-order valence-electron chi connectivity index (χ2n) is 4.46. The van der Waals surface area contributed by atoms with Crippen molar-refractivity contribution in [2.75, 3.05) is 0 Å². The van der Waals surface area contributed by atoms with Crippen LogP contribution in [0.15, 0.2) is 48.8 Å². The Balaban J connectivity index is 2.43. The van der Waals surface area contributed by atoms with Crippen LogP contribution in [0.3, 0.4) is 0 Å². The van der Waals surface area contributed by atoms with Gasteiger partial charge in [-0.05, 0) is 18.1 Å². The van der Waals surface area contributed by atoms with Gasteiger partial charge in [-0.2, -0.15) is 0 Å². The fraction of sp³-hybridized carbons (Fsp3) is 0.200. The molecule has 21 heavy (non-hydrogen) atoms. The third kappa shape index (κ3) is 3.18. The maximum absolute atomic E-state index is 11.6. The summed E-state index contributed by atoms with van der Waals surface area (Å²) in [7, 11) is 0. The number of aromatic amines is 1. The van der Waals surface area contributed by atoms with Gasteiger partial charge in [0, 0.05) is 12.4 Å². The number of H-pyrrole nitrogens is 1. The highest BCUT2D eigenvalue weighted by atomic mass is 16.6. The number of imidazole rings is 1. The minimum absolute atomic E-state index is 0.299. The van der Waals surface area contributed by atoms with E-state index < -0.39 is 18.0 Å². The molecular formula is C15H17N3O3. The van der Waals surface area contributed by atoms with E-state index in [1.807, 2.05) is 37.3 Å². The van der Waals surface area contributed by atoms with Crippen LogP contribution < -0.4 is 5.90 Å². The third-order valence-electron chi connectivity index (χ3n) is 3.25. The molecule has 0 spiro atoms. The van der Waals surface area contributed by atoms with Gasteiger partial charge in [0.2, 0.25) is 0 Å². The Bertz CT molecular complexity index is 608. The van der Waals surface area contributed by atoms with E-state index >= 15 is 0 Å². The molecule has 0 aliphatic carbocycles. The summed E-state index contributed by atoms with van der Waals surface area (Å²) >= 11 is 0. The van der Waals surface area contributed by atoms with Gasteiger partial charge in [-0.15, -0.1) is 0 Å². The number of carbonyl (C=O) groups is 1. The zero-order valence-corrected chi connectivity index (χ0v) is 11.6. The van der Waals surface area contributed by atoms with E-state index in [0.717, 1.165) is 5.56 Å². The summed E-state index contributed by atoms with van der Waals surface area (Å²) in [5.74, 6) is 3.61. The van der Waals surface area contributed by atoms with E-state index in [-0.39, 0.29) is 0 Å².